The fourth-order valence-corrected chi connectivity index (χ4v) is 3.20. The normalized spacial score (nSPS) is 19.7. The molecule has 0 bridgehead atoms. The first-order valence-corrected chi connectivity index (χ1v) is 6.48. The molecule has 2 rings (SSSR count). The number of hydrogen-bond acceptors (Lipinski definition) is 4. The highest BCUT2D eigenvalue weighted by Gasteiger charge is 2.45. The molecule has 1 unspecified atom stereocenters. The monoisotopic (exact) mass is 289 g/mol. The summed E-state index contributed by atoms with van der Waals surface area (Å²) in [4.78, 5) is 16.3. The molecule has 0 N–H and O–H groups in total. The second-order valence-corrected chi connectivity index (χ2v) is 6.05. The molecular formula is C10H12BrNO2S. The van der Waals surface area contributed by atoms with E-state index in [4.69, 9.17) is 0 Å². The van der Waals surface area contributed by atoms with Gasteiger partial charge in [-0.05, 0) is 18.3 Å². The molecule has 1 aromatic rings. The number of esters is 1. The lowest BCUT2D eigenvalue weighted by Gasteiger charge is -2.13. The van der Waals surface area contributed by atoms with Crippen LogP contribution < -0.4 is 0 Å². The van der Waals surface area contributed by atoms with Crippen molar-refractivity contribution in [3.63, 3.8) is 0 Å². The number of ether oxygens (including phenoxy) is 1. The van der Waals surface area contributed by atoms with E-state index in [-0.39, 0.29) is 10.8 Å². The number of nitrogens with zero attached hydrogens (tertiary/aromatic N) is 1. The molecule has 0 aromatic carbocycles. The quantitative estimate of drug-likeness (QED) is 0.634. The summed E-state index contributed by atoms with van der Waals surface area (Å²) in [6, 6.07) is 0. The van der Waals surface area contributed by atoms with Gasteiger partial charge in [0, 0.05) is 0 Å². The van der Waals surface area contributed by atoms with Crippen molar-refractivity contribution < 1.29 is 9.53 Å². The number of methoxy groups -OCH3 is 1. The molecule has 1 fully saturated rings. The van der Waals surface area contributed by atoms with Gasteiger partial charge in [0.25, 0.3) is 0 Å². The van der Waals surface area contributed by atoms with Crippen LogP contribution >= 0.6 is 27.3 Å². The molecule has 1 aromatic heterocycles. The number of thiazole rings is 1. The lowest BCUT2D eigenvalue weighted by Crippen LogP contribution is -2.02. The minimum absolute atomic E-state index is 0.258. The Kier molecular flexibility index (Phi) is 2.85. The summed E-state index contributed by atoms with van der Waals surface area (Å²) in [6.45, 7) is 2.23. The Labute approximate surface area is 101 Å². The topological polar surface area (TPSA) is 39.2 Å². The molecule has 0 amide bonds. The number of halogens is 1. The van der Waals surface area contributed by atoms with E-state index in [0.29, 0.717) is 10.3 Å². The first kappa shape index (κ1) is 11.1. The zero-order valence-corrected chi connectivity index (χ0v) is 11.0. The number of carbonyl (C=O) groups is 1. The van der Waals surface area contributed by atoms with E-state index in [1.54, 1.807) is 6.20 Å². The third kappa shape index (κ3) is 2.08. The Morgan fingerprint density at radius 1 is 1.73 bits per heavy atom. The van der Waals surface area contributed by atoms with Crippen LogP contribution in [-0.4, -0.2) is 18.1 Å². The van der Waals surface area contributed by atoms with Gasteiger partial charge in [-0.3, -0.25) is 0 Å². The summed E-state index contributed by atoms with van der Waals surface area (Å²) in [6.07, 6.45) is 4.03. The van der Waals surface area contributed by atoms with Crippen molar-refractivity contribution in [2.45, 2.75) is 24.6 Å². The van der Waals surface area contributed by atoms with Crippen molar-refractivity contribution in [2.75, 3.05) is 7.11 Å². The molecule has 82 valence electrons. The van der Waals surface area contributed by atoms with E-state index in [2.05, 4.69) is 32.6 Å². The average molecular weight is 290 g/mol. The van der Waals surface area contributed by atoms with Gasteiger partial charge in [0.2, 0.25) is 0 Å². The Bertz CT molecular complexity index is 387. The van der Waals surface area contributed by atoms with Crippen LogP contribution in [0.4, 0.5) is 0 Å². The highest BCUT2D eigenvalue weighted by Crippen LogP contribution is 2.58. The van der Waals surface area contributed by atoms with Crippen LogP contribution in [0.5, 0.6) is 0 Å². The van der Waals surface area contributed by atoms with Crippen LogP contribution in [0.25, 0.3) is 0 Å². The third-order valence-corrected chi connectivity index (χ3v) is 5.66. The maximum Gasteiger partial charge on any atom is 0.349 e. The van der Waals surface area contributed by atoms with Crippen molar-refractivity contribution >= 4 is 33.2 Å². The van der Waals surface area contributed by atoms with Gasteiger partial charge in [-0.1, -0.05) is 22.9 Å². The number of aromatic nitrogens is 1. The summed E-state index contributed by atoms with van der Waals surface area (Å²) >= 11 is 5.06. The van der Waals surface area contributed by atoms with E-state index in [1.807, 2.05) is 0 Å². The first-order chi connectivity index (χ1) is 7.07. The lowest BCUT2D eigenvalue weighted by atomic mass is 10.1. The van der Waals surface area contributed by atoms with Crippen molar-refractivity contribution in [1.82, 2.24) is 4.98 Å². The highest BCUT2D eigenvalue weighted by molar-refractivity contribution is 9.09. The van der Waals surface area contributed by atoms with Crippen molar-refractivity contribution in [3.05, 3.63) is 16.1 Å². The summed E-state index contributed by atoms with van der Waals surface area (Å²) in [5.74, 6) is -0.306. The Morgan fingerprint density at radius 3 is 2.93 bits per heavy atom. The number of hydrogen-bond donors (Lipinski definition) is 0. The van der Waals surface area contributed by atoms with Gasteiger partial charge in [0.1, 0.15) is 9.88 Å². The molecule has 15 heavy (non-hydrogen) atoms. The van der Waals surface area contributed by atoms with Crippen molar-refractivity contribution in [2.24, 2.45) is 5.41 Å². The number of alkyl halides is 1. The van der Waals surface area contributed by atoms with Crippen LogP contribution in [0.2, 0.25) is 0 Å². The van der Waals surface area contributed by atoms with Crippen LogP contribution in [0.3, 0.4) is 0 Å². The fraction of sp³-hybridized carbons (Fsp3) is 0.600. The molecule has 0 aliphatic heterocycles. The van der Waals surface area contributed by atoms with Gasteiger partial charge < -0.3 is 4.74 Å². The van der Waals surface area contributed by atoms with E-state index >= 15 is 0 Å². The predicted molar refractivity (Wildman–Crippen MR) is 62.5 cm³/mol. The predicted octanol–water partition coefficient (Wildman–Crippen LogP) is 3.17. The van der Waals surface area contributed by atoms with Gasteiger partial charge >= 0.3 is 5.97 Å². The molecule has 1 heterocycles. The Hall–Kier alpha value is -0.420. The van der Waals surface area contributed by atoms with Crippen LogP contribution in [0, 0.1) is 5.41 Å². The highest BCUT2D eigenvalue weighted by atomic mass is 79.9. The summed E-state index contributed by atoms with van der Waals surface area (Å²) in [5, 5.41) is 0.968. The van der Waals surface area contributed by atoms with Gasteiger partial charge in [-0.15, -0.1) is 11.3 Å². The van der Waals surface area contributed by atoms with Gasteiger partial charge in [0.15, 0.2) is 0 Å². The number of rotatable bonds is 3. The largest absolute Gasteiger partial charge is 0.465 e. The molecule has 1 atom stereocenters. The van der Waals surface area contributed by atoms with E-state index in [1.165, 1.54) is 31.3 Å². The Balaban J connectivity index is 2.16. The minimum atomic E-state index is -0.306. The van der Waals surface area contributed by atoms with E-state index < -0.39 is 0 Å². The zero-order valence-electron chi connectivity index (χ0n) is 8.62. The lowest BCUT2D eigenvalue weighted by molar-refractivity contribution is 0.0606. The molecule has 5 heteroatoms. The zero-order chi connectivity index (χ0) is 11.1. The van der Waals surface area contributed by atoms with Crippen LogP contribution in [0.1, 0.15) is 39.3 Å². The molecule has 1 aliphatic rings. The third-order valence-electron chi connectivity index (χ3n) is 2.78. The smallest absolute Gasteiger partial charge is 0.349 e. The number of carbonyl (C=O) groups excluding carboxylic acids is 1. The fourth-order valence-electron chi connectivity index (χ4n) is 1.35. The van der Waals surface area contributed by atoms with Gasteiger partial charge in [-0.25, -0.2) is 9.78 Å². The van der Waals surface area contributed by atoms with Crippen molar-refractivity contribution in [1.29, 1.82) is 0 Å². The molecule has 3 nitrogen and oxygen atoms in total. The summed E-state index contributed by atoms with van der Waals surface area (Å²) in [7, 11) is 1.38. The van der Waals surface area contributed by atoms with E-state index in [9.17, 15) is 4.79 Å². The second kappa shape index (κ2) is 3.87. The molecule has 1 aliphatic carbocycles. The summed E-state index contributed by atoms with van der Waals surface area (Å²) < 4.78 is 4.65. The SMILES string of the molecule is COC(=O)c1cnc(C(Br)C2(C)CC2)s1. The average Bonchev–Trinajstić information content (AvgIpc) is 2.83. The Morgan fingerprint density at radius 2 is 2.40 bits per heavy atom. The first-order valence-electron chi connectivity index (χ1n) is 4.75. The van der Waals surface area contributed by atoms with Gasteiger partial charge in [-0.2, -0.15) is 0 Å². The summed E-state index contributed by atoms with van der Waals surface area (Å²) in [5.41, 5.74) is 0.325. The maximum absolute atomic E-state index is 11.2. The van der Waals surface area contributed by atoms with Crippen LogP contribution in [0.15, 0.2) is 6.20 Å². The maximum atomic E-state index is 11.2. The molecular weight excluding hydrogens is 278 g/mol. The van der Waals surface area contributed by atoms with Crippen molar-refractivity contribution in [3.8, 4) is 0 Å². The standard InChI is InChI=1S/C10H12BrNO2S/c1-10(3-4-10)7(11)8-12-5-6(15-8)9(13)14-2/h5,7H,3-4H2,1-2H3. The molecule has 0 saturated heterocycles. The van der Waals surface area contributed by atoms with Crippen LogP contribution in [-0.2, 0) is 4.74 Å². The molecule has 0 spiro atoms. The van der Waals surface area contributed by atoms with E-state index in [0.717, 1.165) is 5.01 Å². The molecule has 0 radical (unpaired) electrons. The molecule has 1 saturated carbocycles. The van der Waals surface area contributed by atoms with Gasteiger partial charge in [0.05, 0.1) is 18.1 Å². The minimum Gasteiger partial charge on any atom is -0.465 e. The second-order valence-electron chi connectivity index (χ2n) is 4.07.